The first-order chi connectivity index (χ1) is 6.27. The predicted octanol–water partition coefficient (Wildman–Crippen LogP) is 2.25. The number of anilines is 1. The zero-order chi connectivity index (χ0) is 9.68. The second-order valence-corrected chi connectivity index (χ2v) is 2.81. The number of rotatable bonds is 3. The highest BCUT2D eigenvalue weighted by Crippen LogP contribution is 2.11. The summed E-state index contributed by atoms with van der Waals surface area (Å²) in [5, 5.41) is 3.02. The summed E-state index contributed by atoms with van der Waals surface area (Å²) >= 11 is 0. The lowest BCUT2D eigenvalue weighted by Gasteiger charge is -2.03. The van der Waals surface area contributed by atoms with Crippen LogP contribution in [-0.2, 0) is 0 Å². The molecular formula is C10H15N3. The molecule has 0 aliphatic heterocycles. The number of hydrogen-bond donors (Lipinski definition) is 1. The summed E-state index contributed by atoms with van der Waals surface area (Å²) in [5.74, 6) is 0.838. The second-order valence-electron chi connectivity index (χ2n) is 2.81. The zero-order valence-electron chi connectivity index (χ0n) is 8.33. The van der Waals surface area contributed by atoms with Crippen LogP contribution in [0.5, 0.6) is 0 Å². The average Bonchev–Trinajstić information content (AvgIpc) is 2.16. The van der Waals surface area contributed by atoms with Crippen LogP contribution in [0.2, 0.25) is 0 Å². The Labute approximate surface area is 78.9 Å². The standard InChI is InChI=1S/C10H15N3/c1-4-5-6-9-10(11-3)13-8(2)7-12-9/h5-7H,4H2,1-3H3,(H,11,13)/b6-5+. The zero-order valence-corrected chi connectivity index (χ0v) is 8.33. The third-order valence-electron chi connectivity index (χ3n) is 1.67. The number of nitrogens with zero attached hydrogens (tertiary/aromatic N) is 2. The van der Waals surface area contributed by atoms with E-state index in [2.05, 4.69) is 28.3 Å². The molecule has 0 saturated heterocycles. The molecule has 1 N–H and O–H groups in total. The smallest absolute Gasteiger partial charge is 0.152 e. The first-order valence-corrected chi connectivity index (χ1v) is 4.46. The lowest BCUT2D eigenvalue weighted by Crippen LogP contribution is -1.99. The Balaban J connectivity index is 2.99. The minimum atomic E-state index is 0.838. The van der Waals surface area contributed by atoms with Gasteiger partial charge in [-0.05, 0) is 19.4 Å². The fourth-order valence-corrected chi connectivity index (χ4v) is 1.02. The van der Waals surface area contributed by atoms with E-state index in [-0.39, 0.29) is 0 Å². The summed E-state index contributed by atoms with van der Waals surface area (Å²) < 4.78 is 0. The molecular weight excluding hydrogens is 162 g/mol. The minimum Gasteiger partial charge on any atom is -0.371 e. The van der Waals surface area contributed by atoms with Crippen LogP contribution in [0.15, 0.2) is 12.3 Å². The van der Waals surface area contributed by atoms with E-state index in [9.17, 15) is 0 Å². The Morgan fingerprint density at radius 1 is 1.54 bits per heavy atom. The highest BCUT2D eigenvalue weighted by Gasteiger charge is 1.99. The van der Waals surface area contributed by atoms with Gasteiger partial charge in [0.15, 0.2) is 5.82 Å². The van der Waals surface area contributed by atoms with Crippen molar-refractivity contribution in [3.05, 3.63) is 23.7 Å². The van der Waals surface area contributed by atoms with Gasteiger partial charge in [0.25, 0.3) is 0 Å². The van der Waals surface area contributed by atoms with E-state index < -0.39 is 0 Å². The molecule has 0 radical (unpaired) electrons. The second kappa shape index (κ2) is 4.60. The Hall–Kier alpha value is -1.38. The maximum absolute atomic E-state index is 4.32. The van der Waals surface area contributed by atoms with Gasteiger partial charge in [-0.1, -0.05) is 13.0 Å². The van der Waals surface area contributed by atoms with Gasteiger partial charge in [-0.25, -0.2) is 4.98 Å². The highest BCUT2D eigenvalue weighted by atomic mass is 15.0. The molecule has 3 nitrogen and oxygen atoms in total. The van der Waals surface area contributed by atoms with Crippen LogP contribution in [0, 0.1) is 6.92 Å². The van der Waals surface area contributed by atoms with Gasteiger partial charge in [0.1, 0.15) is 5.69 Å². The molecule has 0 unspecified atom stereocenters. The van der Waals surface area contributed by atoms with Crippen LogP contribution >= 0.6 is 0 Å². The van der Waals surface area contributed by atoms with Gasteiger partial charge in [-0.3, -0.25) is 4.98 Å². The van der Waals surface area contributed by atoms with Gasteiger partial charge in [-0.15, -0.1) is 0 Å². The third kappa shape index (κ3) is 2.54. The van der Waals surface area contributed by atoms with Crippen LogP contribution in [0.3, 0.4) is 0 Å². The number of nitrogens with one attached hydrogen (secondary N) is 1. The number of aryl methyl sites for hydroxylation is 1. The van der Waals surface area contributed by atoms with Crippen molar-refractivity contribution < 1.29 is 0 Å². The third-order valence-corrected chi connectivity index (χ3v) is 1.67. The van der Waals surface area contributed by atoms with Crippen molar-refractivity contribution in [1.82, 2.24) is 9.97 Å². The molecule has 0 amide bonds. The molecule has 1 heterocycles. The lowest BCUT2D eigenvalue weighted by atomic mass is 10.3. The van der Waals surface area contributed by atoms with E-state index in [1.54, 1.807) is 6.20 Å². The molecule has 0 fully saturated rings. The maximum atomic E-state index is 4.32. The summed E-state index contributed by atoms with van der Waals surface area (Å²) in [7, 11) is 1.85. The van der Waals surface area contributed by atoms with E-state index >= 15 is 0 Å². The lowest BCUT2D eigenvalue weighted by molar-refractivity contribution is 1.10. The molecule has 0 spiro atoms. The van der Waals surface area contributed by atoms with E-state index in [4.69, 9.17) is 0 Å². The molecule has 1 aromatic rings. The van der Waals surface area contributed by atoms with Crippen molar-refractivity contribution in [3.63, 3.8) is 0 Å². The van der Waals surface area contributed by atoms with Crippen LogP contribution < -0.4 is 5.32 Å². The SMILES string of the molecule is CC/C=C/c1ncc(C)nc1NC. The van der Waals surface area contributed by atoms with Crippen molar-refractivity contribution in [2.75, 3.05) is 12.4 Å². The molecule has 0 saturated carbocycles. The van der Waals surface area contributed by atoms with Crippen molar-refractivity contribution in [2.24, 2.45) is 0 Å². The molecule has 0 bridgehead atoms. The van der Waals surface area contributed by atoms with Gasteiger partial charge >= 0.3 is 0 Å². The van der Waals surface area contributed by atoms with Crippen molar-refractivity contribution in [3.8, 4) is 0 Å². The summed E-state index contributed by atoms with van der Waals surface area (Å²) in [6.45, 7) is 4.03. The fraction of sp³-hybridized carbons (Fsp3) is 0.400. The van der Waals surface area contributed by atoms with E-state index in [0.29, 0.717) is 0 Å². The molecule has 70 valence electrons. The van der Waals surface area contributed by atoms with E-state index in [1.165, 1.54) is 0 Å². The van der Waals surface area contributed by atoms with Gasteiger partial charge in [0.05, 0.1) is 5.69 Å². The molecule has 0 aliphatic rings. The molecule has 0 aliphatic carbocycles. The van der Waals surface area contributed by atoms with Gasteiger partial charge < -0.3 is 5.32 Å². The highest BCUT2D eigenvalue weighted by molar-refractivity contribution is 5.58. The molecule has 13 heavy (non-hydrogen) atoms. The summed E-state index contributed by atoms with van der Waals surface area (Å²) in [6, 6.07) is 0. The average molecular weight is 177 g/mol. The molecule has 1 aromatic heterocycles. The molecule has 1 rings (SSSR count). The van der Waals surface area contributed by atoms with Gasteiger partial charge in [0, 0.05) is 13.2 Å². The molecule has 0 aromatic carbocycles. The summed E-state index contributed by atoms with van der Waals surface area (Å²) in [6.07, 6.45) is 6.84. The Morgan fingerprint density at radius 2 is 2.31 bits per heavy atom. The minimum absolute atomic E-state index is 0.838. The quantitative estimate of drug-likeness (QED) is 0.769. The Morgan fingerprint density at radius 3 is 2.92 bits per heavy atom. The van der Waals surface area contributed by atoms with Crippen LogP contribution in [-0.4, -0.2) is 17.0 Å². The normalized spacial score (nSPS) is 10.7. The summed E-state index contributed by atoms with van der Waals surface area (Å²) in [4.78, 5) is 8.59. The van der Waals surface area contributed by atoms with Crippen LogP contribution in [0.1, 0.15) is 24.7 Å². The van der Waals surface area contributed by atoms with Crippen molar-refractivity contribution >= 4 is 11.9 Å². The first-order valence-electron chi connectivity index (χ1n) is 4.46. The van der Waals surface area contributed by atoms with Gasteiger partial charge in [-0.2, -0.15) is 0 Å². The number of aromatic nitrogens is 2. The monoisotopic (exact) mass is 177 g/mol. The maximum Gasteiger partial charge on any atom is 0.152 e. The largest absolute Gasteiger partial charge is 0.371 e. The first kappa shape index (κ1) is 9.71. The van der Waals surface area contributed by atoms with Crippen LogP contribution in [0.25, 0.3) is 6.08 Å². The Kier molecular flexibility index (Phi) is 3.43. The van der Waals surface area contributed by atoms with E-state index in [1.807, 2.05) is 20.0 Å². The van der Waals surface area contributed by atoms with Gasteiger partial charge in [0.2, 0.25) is 0 Å². The van der Waals surface area contributed by atoms with Crippen LogP contribution in [0.4, 0.5) is 5.82 Å². The predicted molar refractivity (Wildman–Crippen MR) is 55.6 cm³/mol. The number of allylic oxidation sites excluding steroid dienone is 1. The molecule has 0 atom stereocenters. The topological polar surface area (TPSA) is 37.8 Å². The number of hydrogen-bond acceptors (Lipinski definition) is 3. The van der Waals surface area contributed by atoms with Crippen molar-refractivity contribution in [2.45, 2.75) is 20.3 Å². The summed E-state index contributed by atoms with van der Waals surface area (Å²) in [5.41, 5.74) is 1.83. The fourth-order valence-electron chi connectivity index (χ4n) is 1.02. The van der Waals surface area contributed by atoms with Crippen molar-refractivity contribution in [1.29, 1.82) is 0 Å². The Bertz CT molecular complexity index is 305. The van der Waals surface area contributed by atoms with E-state index in [0.717, 1.165) is 23.6 Å². The molecule has 3 heteroatoms.